The number of hydrogen-bond acceptors (Lipinski definition) is 8. The van der Waals surface area contributed by atoms with E-state index in [1.807, 2.05) is 21.1 Å². The van der Waals surface area contributed by atoms with Crippen LogP contribution in [0.2, 0.25) is 0 Å². The molecule has 0 spiro atoms. The summed E-state index contributed by atoms with van der Waals surface area (Å²) in [5.41, 5.74) is 0. The van der Waals surface area contributed by atoms with Gasteiger partial charge in [0, 0.05) is 12.8 Å². The van der Waals surface area contributed by atoms with Gasteiger partial charge in [-0.1, -0.05) is 204 Å². The summed E-state index contributed by atoms with van der Waals surface area (Å²) in [6.07, 6.45) is 80.0. The van der Waals surface area contributed by atoms with E-state index in [0.29, 0.717) is 23.9 Å². The van der Waals surface area contributed by atoms with Gasteiger partial charge in [-0.3, -0.25) is 14.2 Å². The van der Waals surface area contributed by atoms with Crippen molar-refractivity contribution in [2.75, 3.05) is 47.5 Å². The van der Waals surface area contributed by atoms with Crippen molar-refractivity contribution in [1.82, 2.24) is 0 Å². The van der Waals surface area contributed by atoms with Gasteiger partial charge < -0.3 is 27.9 Å². The lowest BCUT2D eigenvalue weighted by molar-refractivity contribution is -0.870. The third kappa shape index (κ3) is 56.9. The number of unbranched alkanes of at least 4 members (excludes halogenated alkanes) is 9. The molecule has 0 aromatic carbocycles. The Morgan fingerprint density at radius 2 is 0.730 bits per heavy atom. The van der Waals surface area contributed by atoms with E-state index in [9.17, 15) is 19.0 Å². The van der Waals surface area contributed by atoms with Gasteiger partial charge in [-0.05, 0) is 122 Å². The Kier molecular flexibility index (Phi) is 50.3. The molecule has 0 N–H and O–H groups in total. The molecule has 0 aliphatic heterocycles. The minimum atomic E-state index is -4.66. The molecule has 10 heteroatoms. The van der Waals surface area contributed by atoms with Crippen LogP contribution in [-0.2, 0) is 32.7 Å². The zero-order valence-corrected chi connectivity index (χ0v) is 47.9. The van der Waals surface area contributed by atoms with Crippen LogP contribution in [0.5, 0.6) is 0 Å². The van der Waals surface area contributed by atoms with E-state index < -0.39 is 32.5 Å². The molecule has 74 heavy (non-hydrogen) atoms. The molecule has 0 radical (unpaired) electrons. The lowest BCUT2D eigenvalue weighted by Crippen LogP contribution is -2.37. The number of carbonyl (C=O) groups excluding carboxylic acids is 2. The van der Waals surface area contributed by atoms with Crippen LogP contribution in [0.3, 0.4) is 0 Å². The smallest absolute Gasteiger partial charge is 0.306 e. The molecule has 0 amide bonds. The van der Waals surface area contributed by atoms with Gasteiger partial charge in [-0.2, -0.15) is 0 Å². The van der Waals surface area contributed by atoms with Gasteiger partial charge in [-0.25, -0.2) is 0 Å². The summed E-state index contributed by atoms with van der Waals surface area (Å²) in [4.78, 5) is 37.8. The Bertz CT molecular complexity index is 1800. The first-order valence-corrected chi connectivity index (χ1v) is 29.7. The molecule has 0 aromatic heterocycles. The van der Waals surface area contributed by atoms with Gasteiger partial charge in [0.05, 0.1) is 27.7 Å². The molecule has 0 aliphatic rings. The summed E-state index contributed by atoms with van der Waals surface area (Å²) in [7, 11) is 1.10. The highest BCUT2D eigenvalue weighted by Gasteiger charge is 2.21. The van der Waals surface area contributed by atoms with E-state index in [-0.39, 0.29) is 26.1 Å². The quantitative estimate of drug-likeness (QED) is 0.0195. The highest BCUT2D eigenvalue weighted by atomic mass is 31.2. The van der Waals surface area contributed by atoms with Gasteiger partial charge in [0.25, 0.3) is 7.82 Å². The predicted octanol–water partition coefficient (Wildman–Crippen LogP) is 17.1. The zero-order chi connectivity index (χ0) is 54.2. The fraction of sp³-hybridized carbons (Fsp3) is 0.562. The second-order valence-electron chi connectivity index (χ2n) is 19.2. The van der Waals surface area contributed by atoms with Crippen molar-refractivity contribution in [3.63, 3.8) is 0 Å². The molecule has 0 bridgehead atoms. The van der Waals surface area contributed by atoms with E-state index in [0.717, 1.165) is 141 Å². The second kappa shape index (κ2) is 53.5. The summed E-state index contributed by atoms with van der Waals surface area (Å²) in [6.45, 7) is 3.92. The van der Waals surface area contributed by atoms with E-state index in [1.165, 1.54) is 0 Å². The third-order valence-corrected chi connectivity index (χ3v) is 12.0. The van der Waals surface area contributed by atoms with Gasteiger partial charge >= 0.3 is 11.9 Å². The number of phosphoric acid groups is 1. The number of hydrogen-bond donors (Lipinski definition) is 0. The fourth-order valence-corrected chi connectivity index (χ4v) is 7.48. The topological polar surface area (TPSA) is 111 Å². The molecule has 0 fully saturated rings. The summed E-state index contributed by atoms with van der Waals surface area (Å²) in [6, 6.07) is 0. The maximum Gasteiger partial charge on any atom is 0.306 e. The number of ether oxygens (including phenoxy) is 2. The standard InChI is InChI=1S/C64H102NO8P/c1-6-8-10-12-14-16-18-20-22-24-26-27-28-29-30-31-32-33-34-35-36-37-39-41-43-45-47-49-51-53-55-57-64(67)73-62(61-72-74(68,69)71-59-58-65(3,4)5)60-70-63(66)56-54-52-50-48-46-44-42-40-38-25-23-21-19-17-15-13-11-9-7-2/h8-11,14-17,20-23,26-27,29-30,32-33,35-36,38-41,45,47,62H,6-7,12-13,18-19,24-25,28,31,34,37,42-44,46,48-61H2,1-5H3/b10-8-,11-9-,16-14-,17-15-,22-20-,23-21-,27-26-,30-29-,33-32-,36-35-,40-38-,41-39-,47-45-. The Hall–Kier alpha value is -4.37. The Labute approximate surface area is 452 Å². The molecule has 0 heterocycles. The van der Waals surface area contributed by atoms with Crippen LogP contribution in [0.15, 0.2) is 158 Å². The van der Waals surface area contributed by atoms with Crippen LogP contribution in [0.25, 0.3) is 0 Å². The summed E-state index contributed by atoms with van der Waals surface area (Å²) >= 11 is 0. The van der Waals surface area contributed by atoms with Gasteiger partial charge in [0.15, 0.2) is 6.10 Å². The second-order valence-corrected chi connectivity index (χ2v) is 20.6. The van der Waals surface area contributed by atoms with Gasteiger partial charge in [-0.15, -0.1) is 0 Å². The van der Waals surface area contributed by atoms with Crippen LogP contribution >= 0.6 is 7.82 Å². The SMILES string of the molecule is CC/C=C\C/C=C\C/C=C\C/C=C\C/C=C\C/C=C\C/C=C\C/C=C\C/C=C\CCCCCC(=O)OC(COC(=O)CCCCCCCC/C=C\C/C=C\C/C=C\C/C=C\CC)COP(=O)([O-])OCC[N+](C)(C)C. The highest BCUT2D eigenvalue weighted by Crippen LogP contribution is 2.38. The normalized spacial score (nSPS) is 14.5. The molecule has 0 rings (SSSR count). The number of rotatable bonds is 49. The molecule has 0 aromatic rings. The molecule has 0 saturated carbocycles. The molecule has 2 atom stereocenters. The average molecular weight is 1040 g/mol. The first-order valence-electron chi connectivity index (χ1n) is 28.2. The van der Waals surface area contributed by atoms with Crippen molar-refractivity contribution in [2.45, 2.75) is 187 Å². The number of likely N-dealkylation sites (N-methyl/N-ethyl adjacent to an activating group) is 1. The average Bonchev–Trinajstić information content (AvgIpc) is 3.36. The van der Waals surface area contributed by atoms with Crippen LogP contribution in [-0.4, -0.2) is 70.0 Å². The summed E-state index contributed by atoms with van der Waals surface area (Å²) in [5.74, 6) is -0.904. The summed E-state index contributed by atoms with van der Waals surface area (Å²) < 4.78 is 34.1. The zero-order valence-electron chi connectivity index (χ0n) is 47.0. The molecule has 0 aliphatic carbocycles. The lowest BCUT2D eigenvalue weighted by Gasteiger charge is -2.28. The van der Waals surface area contributed by atoms with Crippen molar-refractivity contribution in [3.8, 4) is 0 Å². The molecule has 0 saturated heterocycles. The Balaban J connectivity index is 4.34. The minimum absolute atomic E-state index is 0.0503. The maximum atomic E-state index is 12.8. The lowest BCUT2D eigenvalue weighted by atomic mass is 10.1. The van der Waals surface area contributed by atoms with E-state index in [4.69, 9.17) is 18.5 Å². The predicted molar refractivity (Wildman–Crippen MR) is 313 cm³/mol. The number of nitrogens with zero attached hydrogens (tertiary/aromatic N) is 1. The molecular formula is C64H102NO8P. The minimum Gasteiger partial charge on any atom is -0.756 e. The van der Waals surface area contributed by atoms with Crippen LogP contribution in [0, 0.1) is 0 Å². The van der Waals surface area contributed by atoms with Crippen LogP contribution < -0.4 is 4.89 Å². The number of esters is 2. The number of phosphoric ester groups is 1. The van der Waals surface area contributed by atoms with Gasteiger partial charge in [0.2, 0.25) is 0 Å². The first kappa shape index (κ1) is 69.6. The first-order chi connectivity index (χ1) is 36.0. The van der Waals surface area contributed by atoms with Crippen molar-refractivity contribution in [3.05, 3.63) is 158 Å². The molecular weight excluding hydrogens is 942 g/mol. The fourth-order valence-electron chi connectivity index (χ4n) is 6.75. The number of allylic oxidation sites excluding steroid dienone is 26. The van der Waals surface area contributed by atoms with Crippen molar-refractivity contribution < 1.29 is 42.1 Å². The molecule has 2 unspecified atom stereocenters. The van der Waals surface area contributed by atoms with Crippen LogP contribution in [0.1, 0.15) is 181 Å². The van der Waals surface area contributed by atoms with Crippen molar-refractivity contribution >= 4 is 19.8 Å². The molecule has 9 nitrogen and oxygen atoms in total. The maximum absolute atomic E-state index is 12.8. The molecule has 416 valence electrons. The summed E-state index contributed by atoms with van der Waals surface area (Å²) in [5, 5.41) is 0. The van der Waals surface area contributed by atoms with Crippen molar-refractivity contribution in [2.24, 2.45) is 0 Å². The Morgan fingerprint density at radius 1 is 0.419 bits per heavy atom. The van der Waals surface area contributed by atoms with E-state index in [1.54, 1.807) is 0 Å². The van der Waals surface area contributed by atoms with Crippen LogP contribution in [0.4, 0.5) is 0 Å². The number of carbonyl (C=O) groups is 2. The largest absolute Gasteiger partial charge is 0.756 e. The Morgan fingerprint density at radius 3 is 1.09 bits per heavy atom. The monoisotopic (exact) mass is 1040 g/mol. The van der Waals surface area contributed by atoms with Crippen molar-refractivity contribution in [1.29, 1.82) is 0 Å². The highest BCUT2D eigenvalue weighted by molar-refractivity contribution is 7.45. The third-order valence-electron chi connectivity index (χ3n) is 11.0. The van der Waals surface area contributed by atoms with E-state index >= 15 is 0 Å². The number of quaternary nitrogens is 1. The van der Waals surface area contributed by atoms with E-state index in [2.05, 4.69) is 172 Å². The van der Waals surface area contributed by atoms with Gasteiger partial charge in [0.1, 0.15) is 19.8 Å².